The number of benzene rings is 2. The maximum absolute atomic E-state index is 14.3. The van der Waals surface area contributed by atoms with Gasteiger partial charge in [-0.05, 0) is 30.3 Å². The first-order valence-electron chi connectivity index (χ1n) is 11.8. The van der Waals surface area contributed by atoms with Gasteiger partial charge in [-0.1, -0.05) is 35.5 Å². The Hall–Kier alpha value is -5.52. The molecule has 0 saturated heterocycles. The molecular formula is C27H19FN8O3. The van der Waals surface area contributed by atoms with Crippen molar-refractivity contribution in [2.24, 2.45) is 0 Å². The third-order valence-corrected chi connectivity index (χ3v) is 5.96. The summed E-state index contributed by atoms with van der Waals surface area (Å²) in [6, 6.07) is 18.2. The van der Waals surface area contributed by atoms with Gasteiger partial charge in [-0.2, -0.15) is 5.10 Å². The zero-order chi connectivity index (χ0) is 26.8. The molecule has 6 rings (SSSR count). The number of hydrogen-bond acceptors (Lipinski definition) is 8. The molecule has 6 aromatic rings. The number of anilines is 1. The molecule has 4 aromatic heterocycles. The molecule has 0 saturated carbocycles. The standard InChI is InChI=1S/C27H19FN8O3/c28-19-7-3-1-5-17(19)14-36-23(21-10-12-39-34-21)13-22(33-36)26-29-11-9-24(32-26)31-25(37)15-35-16-30-20-8-4-2-6-18(20)27(35)38/h1-13,16H,14-15H2,(H,29,31,32,37). The molecule has 4 heterocycles. The molecule has 1 N–H and O–H groups in total. The van der Waals surface area contributed by atoms with Crippen LogP contribution in [0.1, 0.15) is 5.56 Å². The van der Waals surface area contributed by atoms with Crippen molar-refractivity contribution >= 4 is 22.6 Å². The van der Waals surface area contributed by atoms with Gasteiger partial charge < -0.3 is 9.84 Å². The van der Waals surface area contributed by atoms with Crippen LogP contribution < -0.4 is 10.9 Å². The highest BCUT2D eigenvalue weighted by Gasteiger charge is 2.18. The van der Waals surface area contributed by atoms with Crippen molar-refractivity contribution in [2.45, 2.75) is 13.1 Å². The van der Waals surface area contributed by atoms with Crippen LogP contribution in [0, 0.1) is 5.82 Å². The fraction of sp³-hybridized carbons (Fsp3) is 0.0741. The quantitative estimate of drug-likeness (QED) is 0.337. The number of aromatic nitrogens is 7. The second-order valence-corrected chi connectivity index (χ2v) is 8.56. The molecule has 0 aliphatic carbocycles. The van der Waals surface area contributed by atoms with Crippen LogP contribution in [0.25, 0.3) is 33.8 Å². The Morgan fingerprint density at radius 2 is 1.85 bits per heavy atom. The topological polar surface area (TPSA) is 134 Å². The molecule has 0 unspecified atom stereocenters. The number of nitrogens with one attached hydrogen (secondary N) is 1. The number of amides is 1. The monoisotopic (exact) mass is 522 g/mol. The molecule has 0 aliphatic heterocycles. The first-order valence-corrected chi connectivity index (χ1v) is 11.8. The minimum Gasteiger partial charge on any atom is -0.364 e. The van der Waals surface area contributed by atoms with Gasteiger partial charge in [-0.15, -0.1) is 0 Å². The summed E-state index contributed by atoms with van der Waals surface area (Å²) in [4.78, 5) is 38.4. The number of carbonyl (C=O) groups is 1. The zero-order valence-corrected chi connectivity index (χ0v) is 20.2. The number of carbonyl (C=O) groups excluding carboxylic acids is 1. The van der Waals surface area contributed by atoms with Crippen LogP contribution in [-0.2, 0) is 17.9 Å². The highest BCUT2D eigenvalue weighted by Crippen LogP contribution is 2.25. The van der Waals surface area contributed by atoms with E-state index in [9.17, 15) is 14.0 Å². The Balaban J connectivity index is 1.26. The molecular weight excluding hydrogens is 503 g/mol. The van der Waals surface area contributed by atoms with E-state index in [4.69, 9.17) is 4.52 Å². The summed E-state index contributed by atoms with van der Waals surface area (Å²) < 4.78 is 22.1. The molecule has 0 atom stereocenters. The largest absolute Gasteiger partial charge is 0.364 e. The number of para-hydroxylation sites is 1. The van der Waals surface area contributed by atoms with E-state index in [1.54, 1.807) is 59.3 Å². The van der Waals surface area contributed by atoms with Crippen molar-refractivity contribution in [3.8, 4) is 22.9 Å². The van der Waals surface area contributed by atoms with Gasteiger partial charge in [0.1, 0.15) is 35.8 Å². The summed E-state index contributed by atoms with van der Waals surface area (Å²) in [6.07, 6.45) is 4.25. The van der Waals surface area contributed by atoms with Gasteiger partial charge in [0.05, 0.1) is 29.5 Å². The van der Waals surface area contributed by atoms with Crippen LogP contribution >= 0.6 is 0 Å². The van der Waals surface area contributed by atoms with E-state index in [0.29, 0.717) is 33.5 Å². The minimum absolute atomic E-state index is 0.139. The fourth-order valence-electron chi connectivity index (χ4n) is 4.09. The summed E-state index contributed by atoms with van der Waals surface area (Å²) in [6.45, 7) is -0.108. The van der Waals surface area contributed by atoms with Crippen molar-refractivity contribution in [2.75, 3.05) is 5.32 Å². The van der Waals surface area contributed by atoms with Gasteiger partial charge in [-0.25, -0.2) is 19.3 Å². The average molecular weight is 523 g/mol. The first kappa shape index (κ1) is 23.9. The van der Waals surface area contributed by atoms with Gasteiger partial charge in [0.25, 0.3) is 5.56 Å². The van der Waals surface area contributed by atoms with Gasteiger partial charge in [-0.3, -0.25) is 18.8 Å². The van der Waals surface area contributed by atoms with E-state index in [1.165, 1.54) is 35.5 Å². The first-order chi connectivity index (χ1) is 19.0. The molecule has 0 spiro atoms. The zero-order valence-electron chi connectivity index (χ0n) is 20.2. The van der Waals surface area contributed by atoms with Crippen LogP contribution in [0.2, 0.25) is 0 Å². The Morgan fingerprint density at radius 3 is 2.69 bits per heavy atom. The van der Waals surface area contributed by atoms with E-state index in [2.05, 4.69) is 30.5 Å². The van der Waals surface area contributed by atoms with Crippen molar-refractivity contribution in [3.05, 3.63) is 107 Å². The van der Waals surface area contributed by atoms with Crippen LogP contribution in [0.4, 0.5) is 10.2 Å². The fourth-order valence-corrected chi connectivity index (χ4v) is 4.09. The molecule has 2 aromatic carbocycles. The van der Waals surface area contributed by atoms with E-state index >= 15 is 0 Å². The molecule has 0 fully saturated rings. The summed E-state index contributed by atoms with van der Waals surface area (Å²) in [5.41, 5.74) is 2.14. The lowest BCUT2D eigenvalue weighted by atomic mass is 10.2. The second kappa shape index (κ2) is 10.1. The molecule has 12 heteroatoms. The van der Waals surface area contributed by atoms with E-state index in [1.807, 2.05) is 0 Å². The highest BCUT2D eigenvalue weighted by molar-refractivity contribution is 5.90. The number of halogens is 1. The lowest BCUT2D eigenvalue weighted by Gasteiger charge is -2.08. The van der Waals surface area contributed by atoms with E-state index in [-0.39, 0.29) is 36.1 Å². The van der Waals surface area contributed by atoms with Crippen LogP contribution in [0.3, 0.4) is 0 Å². The Morgan fingerprint density at radius 1 is 1.00 bits per heavy atom. The van der Waals surface area contributed by atoms with Gasteiger partial charge in [0.15, 0.2) is 5.82 Å². The Labute approximate surface area is 219 Å². The maximum atomic E-state index is 14.3. The molecule has 1 amide bonds. The van der Waals surface area contributed by atoms with Crippen LogP contribution in [-0.4, -0.2) is 40.4 Å². The van der Waals surface area contributed by atoms with Gasteiger partial charge in [0.2, 0.25) is 5.91 Å². The number of rotatable bonds is 7. The summed E-state index contributed by atoms with van der Waals surface area (Å²) in [7, 11) is 0. The highest BCUT2D eigenvalue weighted by atomic mass is 19.1. The van der Waals surface area contributed by atoms with Crippen LogP contribution in [0.5, 0.6) is 0 Å². The van der Waals surface area contributed by atoms with Crippen molar-refractivity contribution in [1.82, 2.24) is 34.5 Å². The average Bonchev–Trinajstić information content (AvgIpc) is 3.62. The molecule has 11 nitrogen and oxygen atoms in total. The predicted molar refractivity (Wildman–Crippen MR) is 139 cm³/mol. The smallest absolute Gasteiger partial charge is 0.261 e. The van der Waals surface area contributed by atoms with E-state index < -0.39 is 5.91 Å². The van der Waals surface area contributed by atoms with Gasteiger partial charge >= 0.3 is 0 Å². The molecule has 0 aliphatic rings. The summed E-state index contributed by atoms with van der Waals surface area (Å²) in [5, 5.41) is 11.7. The predicted octanol–water partition coefficient (Wildman–Crippen LogP) is 3.53. The minimum atomic E-state index is -0.466. The Bertz CT molecular complexity index is 1860. The number of nitrogens with zero attached hydrogens (tertiary/aromatic N) is 7. The normalized spacial score (nSPS) is 11.1. The Kier molecular flexibility index (Phi) is 6.17. The number of hydrogen-bond donors (Lipinski definition) is 1. The summed E-state index contributed by atoms with van der Waals surface area (Å²) in [5.74, 6) is -0.373. The molecule has 39 heavy (non-hydrogen) atoms. The second-order valence-electron chi connectivity index (χ2n) is 8.56. The van der Waals surface area contributed by atoms with Crippen molar-refractivity contribution < 1.29 is 13.7 Å². The molecule has 0 radical (unpaired) electrons. The molecule has 0 bridgehead atoms. The van der Waals surface area contributed by atoms with Crippen molar-refractivity contribution in [1.29, 1.82) is 0 Å². The van der Waals surface area contributed by atoms with Crippen molar-refractivity contribution in [3.63, 3.8) is 0 Å². The summed E-state index contributed by atoms with van der Waals surface area (Å²) >= 11 is 0. The number of fused-ring (bicyclic) bond motifs is 1. The third kappa shape index (κ3) is 4.90. The SMILES string of the molecule is O=C(Cn1cnc2ccccc2c1=O)Nc1ccnc(-c2cc(-c3ccon3)n(Cc3ccccc3F)n2)n1. The molecule has 192 valence electrons. The maximum Gasteiger partial charge on any atom is 0.261 e. The lowest BCUT2D eigenvalue weighted by Crippen LogP contribution is -2.28. The van der Waals surface area contributed by atoms with Crippen LogP contribution in [0.15, 0.2) is 94.8 Å². The third-order valence-electron chi connectivity index (χ3n) is 5.96. The lowest BCUT2D eigenvalue weighted by molar-refractivity contribution is -0.116. The van der Waals surface area contributed by atoms with E-state index in [0.717, 1.165) is 0 Å². The van der Waals surface area contributed by atoms with Gasteiger partial charge in [0, 0.05) is 17.8 Å².